The Labute approximate surface area is 165 Å². The van der Waals surface area contributed by atoms with Crippen molar-refractivity contribution in [1.82, 2.24) is 0 Å². The molecule has 0 saturated carbocycles. The highest BCUT2D eigenvalue weighted by atomic mass is 16.3. The van der Waals surface area contributed by atoms with Gasteiger partial charge in [0.1, 0.15) is 0 Å². The van der Waals surface area contributed by atoms with Crippen LogP contribution in [0.2, 0.25) is 0 Å². The first-order chi connectivity index (χ1) is 13.8. The van der Waals surface area contributed by atoms with E-state index in [0.29, 0.717) is 0 Å². The standard InChI is InChI=1S/C27H22O/c28-27(26(19-10-3-1-4-11-19)20-12-5-2-6-13-20)24-17-9-16-23-22-15-8-7-14-21(22)18-25(23)24/h1-17,26-28H,18H2. The van der Waals surface area contributed by atoms with Gasteiger partial charge in [0.2, 0.25) is 0 Å². The summed E-state index contributed by atoms with van der Waals surface area (Å²) in [5, 5.41) is 11.6. The van der Waals surface area contributed by atoms with Crippen molar-refractivity contribution in [3.05, 3.63) is 131 Å². The molecule has 1 atom stereocenters. The van der Waals surface area contributed by atoms with Crippen LogP contribution in [0.5, 0.6) is 0 Å². The second kappa shape index (κ2) is 7.10. The lowest BCUT2D eigenvalue weighted by Gasteiger charge is -2.26. The molecule has 0 amide bonds. The highest BCUT2D eigenvalue weighted by Gasteiger charge is 2.29. The SMILES string of the molecule is OC(c1cccc2c1Cc1ccccc1-2)C(c1ccccc1)c1ccccc1. The molecule has 5 rings (SSSR count). The fourth-order valence-electron chi connectivity index (χ4n) is 4.52. The molecule has 1 aliphatic carbocycles. The minimum Gasteiger partial charge on any atom is -0.387 e. The molecule has 1 unspecified atom stereocenters. The van der Waals surface area contributed by atoms with Gasteiger partial charge in [-0.15, -0.1) is 0 Å². The molecule has 1 aliphatic rings. The van der Waals surface area contributed by atoms with E-state index in [4.69, 9.17) is 0 Å². The number of aliphatic hydroxyl groups is 1. The molecule has 136 valence electrons. The van der Waals surface area contributed by atoms with Crippen LogP contribution in [0.1, 0.15) is 39.8 Å². The quantitative estimate of drug-likeness (QED) is 0.408. The number of benzene rings is 4. The molecule has 1 heteroatoms. The van der Waals surface area contributed by atoms with Crippen LogP contribution in [0.4, 0.5) is 0 Å². The van der Waals surface area contributed by atoms with Gasteiger partial charge in [-0.1, -0.05) is 103 Å². The summed E-state index contributed by atoms with van der Waals surface area (Å²) in [5.41, 5.74) is 8.45. The molecular formula is C27H22O. The van der Waals surface area contributed by atoms with Gasteiger partial charge in [0, 0.05) is 5.92 Å². The average molecular weight is 362 g/mol. The van der Waals surface area contributed by atoms with E-state index in [1.165, 1.54) is 22.3 Å². The average Bonchev–Trinajstić information content (AvgIpc) is 3.14. The van der Waals surface area contributed by atoms with E-state index in [1.807, 2.05) is 36.4 Å². The molecule has 1 N–H and O–H groups in total. The lowest BCUT2D eigenvalue weighted by molar-refractivity contribution is 0.158. The summed E-state index contributed by atoms with van der Waals surface area (Å²) in [6, 6.07) is 35.6. The maximum atomic E-state index is 11.6. The zero-order valence-corrected chi connectivity index (χ0v) is 15.6. The van der Waals surface area contributed by atoms with Gasteiger partial charge >= 0.3 is 0 Å². The van der Waals surface area contributed by atoms with Gasteiger partial charge in [-0.25, -0.2) is 0 Å². The maximum absolute atomic E-state index is 11.6. The van der Waals surface area contributed by atoms with E-state index in [1.54, 1.807) is 0 Å². The lowest BCUT2D eigenvalue weighted by Crippen LogP contribution is -2.14. The summed E-state index contributed by atoms with van der Waals surface area (Å²) in [7, 11) is 0. The Morgan fingerprint density at radius 2 is 1.14 bits per heavy atom. The highest BCUT2D eigenvalue weighted by molar-refractivity contribution is 5.78. The molecule has 4 aromatic carbocycles. The van der Waals surface area contributed by atoms with Gasteiger partial charge in [-0.2, -0.15) is 0 Å². The first kappa shape index (κ1) is 17.0. The molecule has 0 aromatic heterocycles. The molecule has 0 heterocycles. The smallest absolute Gasteiger partial charge is 0.0902 e. The molecular weight excluding hydrogens is 340 g/mol. The van der Waals surface area contributed by atoms with Crippen LogP contribution in [0.15, 0.2) is 103 Å². The second-order valence-electron chi connectivity index (χ2n) is 7.45. The largest absolute Gasteiger partial charge is 0.387 e. The summed E-state index contributed by atoms with van der Waals surface area (Å²) in [4.78, 5) is 0. The highest BCUT2D eigenvalue weighted by Crippen LogP contribution is 2.44. The van der Waals surface area contributed by atoms with Gasteiger partial charge in [0.15, 0.2) is 0 Å². The third-order valence-electron chi connectivity index (χ3n) is 5.84. The van der Waals surface area contributed by atoms with Crippen molar-refractivity contribution >= 4 is 0 Å². The number of aliphatic hydroxyl groups excluding tert-OH is 1. The monoisotopic (exact) mass is 362 g/mol. The summed E-state index contributed by atoms with van der Waals surface area (Å²) < 4.78 is 0. The molecule has 0 fully saturated rings. The number of rotatable bonds is 4. The molecule has 0 saturated heterocycles. The molecule has 1 nitrogen and oxygen atoms in total. The Morgan fingerprint density at radius 3 is 1.82 bits per heavy atom. The fraction of sp³-hybridized carbons (Fsp3) is 0.111. The number of fused-ring (bicyclic) bond motifs is 3. The van der Waals surface area contributed by atoms with Gasteiger partial charge in [0.25, 0.3) is 0 Å². The van der Waals surface area contributed by atoms with Gasteiger partial charge < -0.3 is 5.11 Å². The summed E-state index contributed by atoms with van der Waals surface area (Å²) in [6.07, 6.45) is 0.281. The van der Waals surface area contributed by atoms with Crippen LogP contribution in [-0.2, 0) is 6.42 Å². The topological polar surface area (TPSA) is 20.2 Å². The van der Waals surface area contributed by atoms with Crippen molar-refractivity contribution in [3.8, 4) is 11.1 Å². The Kier molecular flexibility index (Phi) is 4.31. The first-order valence-corrected chi connectivity index (χ1v) is 9.81. The van der Waals surface area contributed by atoms with Crippen LogP contribution in [0, 0.1) is 0 Å². The number of hydrogen-bond acceptors (Lipinski definition) is 1. The van der Waals surface area contributed by atoms with Gasteiger partial charge in [0.05, 0.1) is 6.10 Å². The van der Waals surface area contributed by atoms with Crippen LogP contribution >= 0.6 is 0 Å². The van der Waals surface area contributed by atoms with Crippen LogP contribution < -0.4 is 0 Å². The second-order valence-corrected chi connectivity index (χ2v) is 7.45. The van der Waals surface area contributed by atoms with Crippen LogP contribution in [0.3, 0.4) is 0 Å². The fourth-order valence-corrected chi connectivity index (χ4v) is 4.52. The van der Waals surface area contributed by atoms with Crippen molar-refractivity contribution in [2.24, 2.45) is 0 Å². The zero-order valence-electron chi connectivity index (χ0n) is 15.6. The summed E-state index contributed by atoms with van der Waals surface area (Å²) in [5.74, 6) is -0.0994. The third kappa shape index (κ3) is 2.85. The maximum Gasteiger partial charge on any atom is 0.0902 e. The van der Waals surface area contributed by atoms with Crippen molar-refractivity contribution in [3.63, 3.8) is 0 Å². The van der Waals surface area contributed by atoms with Crippen molar-refractivity contribution in [2.45, 2.75) is 18.4 Å². The summed E-state index contributed by atoms with van der Waals surface area (Å²) >= 11 is 0. The predicted octanol–water partition coefficient (Wildman–Crippen LogP) is 6.12. The Hall–Kier alpha value is -3.16. The van der Waals surface area contributed by atoms with E-state index in [-0.39, 0.29) is 5.92 Å². The van der Waals surface area contributed by atoms with E-state index in [9.17, 15) is 5.11 Å². The van der Waals surface area contributed by atoms with Crippen LogP contribution in [0.25, 0.3) is 11.1 Å². The Bertz CT molecular complexity index is 1060. The van der Waals surface area contributed by atoms with E-state index >= 15 is 0 Å². The Morgan fingerprint density at radius 1 is 0.571 bits per heavy atom. The minimum atomic E-state index is -0.603. The molecule has 0 bridgehead atoms. The zero-order chi connectivity index (χ0) is 18.9. The first-order valence-electron chi connectivity index (χ1n) is 9.81. The lowest BCUT2D eigenvalue weighted by atomic mass is 9.81. The van der Waals surface area contributed by atoms with E-state index < -0.39 is 6.10 Å². The van der Waals surface area contributed by atoms with E-state index in [2.05, 4.69) is 66.7 Å². The van der Waals surface area contributed by atoms with Gasteiger partial charge in [-0.3, -0.25) is 0 Å². The molecule has 0 radical (unpaired) electrons. The van der Waals surface area contributed by atoms with Crippen LogP contribution in [-0.4, -0.2) is 5.11 Å². The molecule has 4 aromatic rings. The minimum absolute atomic E-state index is 0.0994. The number of hydrogen-bond donors (Lipinski definition) is 1. The Balaban J connectivity index is 1.63. The van der Waals surface area contributed by atoms with Crippen molar-refractivity contribution in [2.75, 3.05) is 0 Å². The molecule has 28 heavy (non-hydrogen) atoms. The predicted molar refractivity (Wildman–Crippen MR) is 114 cm³/mol. The molecule has 0 aliphatic heterocycles. The normalized spacial score (nSPS) is 13.2. The van der Waals surface area contributed by atoms with Crippen molar-refractivity contribution in [1.29, 1.82) is 0 Å². The molecule has 0 spiro atoms. The van der Waals surface area contributed by atoms with E-state index in [0.717, 1.165) is 23.1 Å². The van der Waals surface area contributed by atoms with Gasteiger partial charge in [-0.05, 0) is 45.4 Å². The summed E-state index contributed by atoms with van der Waals surface area (Å²) in [6.45, 7) is 0. The van der Waals surface area contributed by atoms with Crippen molar-refractivity contribution < 1.29 is 5.11 Å². The third-order valence-corrected chi connectivity index (χ3v) is 5.84.